The molecule has 2 amide bonds. The molecular weight excluding hydrogens is 290 g/mol. The Morgan fingerprint density at radius 1 is 0.913 bits per heavy atom. The van der Waals surface area contributed by atoms with E-state index in [-0.39, 0.29) is 11.8 Å². The summed E-state index contributed by atoms with van der Waals surface area (Å²) in [6.07, 6.45) is 0. The van der Waals surface area contributed by atoms with Crippen LogP contribution in [0, 0.1) is 0 Å². The Morgan fingerprint density at radius 2 is 1.52 bits per heavy atom. The predicted octanol–water partition coefficient (Wildman–Crippen LogP) is 2.46. The molecule has 0 aliphatic rings. The average molecular weight is 311 g/mol. The SMILES string of the molecule is CN(C)CC(=O)Nc1ccc(C(=O)N(C)c2ccccc2)cc1. The third kappa shape index (κ3) is 4.66. The molecule has 0 fully saturated rings. The molecule has 2 aromatic rings. The fraction of sp³-hybridized carbons (Fsp3) is 0.222. The lowest BCUT2D eigenvalue weighted by Crippen LogP contribution is -2.27. The highest BCUT2D eigenvalue weighted by Crippen LogP contribution is 2.16. The van der Waals surface area contributed by atoms with Gasteiger partial charge in [-0.2, -0.15) is 0 Å². The first kappa shape index (κ1) is 16.7. The van der Waals surface area contributed by atoms with Crippen LogP contribution in [0.15, 0.2) is 54.6 Å². The second-order valence-electron chi connectivity index (χ2n) is 5.56. The lowest BCUT2D eigenvalue weighted by molar-refractivity contribution is -0.116. The summed E-state index contributed by atoms with van der Waals surface area (Å²) in [6.45, 7) is 0.317. The lowest BCUT2D eigenvalue weighted by Gasteiger charge is -2.17. The molecule has 0 radical (unpaired) electrons. The standard InChI is InChI=1S/C18H21N3O2/c1-20(2)13-17(22)19-15-11-9-14(10-12-15)18(23)21(3)16-7-5-4-6-8-16/h4-12H,13H2,1-3H3,(H,19,22). The summed E-state index contributed by atoms with van der Waals surface area (Å²) in [7, 11) is 5.41. The third-order valence-corrected chi connectivity index (χ3v) is 3.32. The zero-order valence-electron chi connectivity index (χ0n) is 13.6. The van der Waals surface area contributed by atoms with E-state index in [1.165, 1.54) is 0 Å². The van der Waals surface area contributed by atoms with Crippen LogP contribution in [0.5, 0.6) is 0 Å². The van der Waals surface area contributed by atoms with Crippen molar-refractivity contribution < 1.29 is 9.59 Å². The van der Waals surface area contributed by atoms with Gasteiger partial charge in [0, 0.05) is 24.0 Å². The van der Waals surface area contributed by atoms with Crippen LogP contribution in [0.1, 0.15) is 10.4 Å². The highest BCUT2D eigenvalue weighted by atomic mass is 16.2. The van der Waals surface area contributed by atoms with Gasteiger partial charge in [-0.3, -0.25) is 9.59 Å². The number of para-hydroxylation sites is 1. The van der Waals surface area contributed by atoms with Crippen molar-refractivity contribution >= 4 is 23.2 Å². The third-order valence-electron chi connectivity index (χ3n) is 3.32. The number of carbonyl (C=O) groups excluding carboxylic acids is 2. The highest BCUT2D eigenvalue weighted by molar-refractivity contribution is 6.06. The topological polar surface area (TPSA) is 52.7 Å². The van der Waals surface area contributed by atoms with Crippen molar-refractivity contribution in [3.63, 3.8) is 0 Å². The molecule has 0 aromatic heterocycles. The minimum Gasteiger partial charge on any atom is -0.325 e. The summed E-state index contributed by atoms with van der Waals surface area (Å²) in [4.78, 5) is 27.6. The Labute approximate surface area is 136 Å². The van der Waals surface area contributed by atoms with Crippen LogP contribution in [-0.4, -0.2) is 44.4 Å². The van der Waals surface area contributed by atoms with Gasteiger partial charge in [-0.25, -0.2) is 0 Å². The average Bonchev–Trinajstić information content (AvgIpc) is 2.54. The summed E-state index contributed by atoms with van der Waals surface area (Å²) in [5.74, 6) is -0.183. The van der Waals surface area contributed by atoms with Gasteiger partial charge in [0.2, 0.25) is 5.91 Å². The van der Waals surface area contributed by atoms with E-state index in [0.717, 1.165) is 5.69 Å². The van der Waals surface area contributed by atoms with Gasteiger partial charge in [0.05, 0.1) is 6.54 Å². The molecule has 5 heteroatoms. The Morgan fingerprint density at radius 3 is 2.09 bits per heavy atom. The smallest absolute Gasteiger partial charge is 0.258 e. The Balaban J connectivity index is 2.04. The largest absolute Gasteiger partial charge is 0.325 e. The van der Waals surface area contributed by atoms with E-state index in [4.69, 9.17) is 0 Å². The first-order chi connectivity index (χ1) is 11.0. The van der Waals surface area contributed by atoms with E-state index in [9.17, 15) is 9.59 Å². The Hall–Kier alpha value is -2.66. The molecule has 120 valence electrons. The van der Waals surface area contributed by atoms with Gasteiger partial charge in [0.1, 0.15) is 0 Å². The Bertz CT molecular complexity index is 666. The van der Waals surface area contributed by atoms with E-state index in [0.29, 0.717) is 17.8 Å². The molecule has 0 atom stereocenters. The molecule has 0 aliphatic carbocycles. The summed E-state index contributed by atoms with van der Waals surface area (Å²) in [5.41, 5.74) is 2.08. The molecular formula is C18H21N3O2. The van der Waals surface area contributed by atoms with Crippen molar-refractivity contribution in [2.75, 3.05) is 37.9 Å². The molecule has 0 unspecified atom stereocenters. The molecule has 0 heterocycles. The van der Waals surface area contributed by atoms with Crippen LogP contribution in [0.2, 0.25) is 0 Å². The zero-order chi connectivity index (χ0) is 16.8. The number of hydrogen-bond donors (Lipinski definition) is 1. The van der Waals surface area contributed by atoms with Crippen molar-refractivity contribution in [1.82, 2.24) is 4.90 Å². The Kier molecular flexibility index (Phi) is 5.49. The first-order valence-corrected chi connectivity index (χ1v) is 7.35. The molecule has 0 saturated carbocycles. The van der Waals surface area contributed by atoms with Crippen LogP contribution in [0.3, 0.4) is 0 Å². The minimum atomic E-state index is -0.0950. The van der Waals surface area contributed by atoms with Crippen molar-refractivity contribution in [2.24, 2.45) is 0 Å². The quantitative estimate of drug-likeness (QED) is 0.923. The lowest BCUT2D eigenvalue weighted by atomic mass is 10.1. The molecule has 0 saturated heterocycles. The van der Waals surface area contributed by atoms with E-state index < -0.39 is 0 Å². The van der Waals surface area contributed by atoms with E-state index in [2.05, 4.69) is 5.32 Å². The molecule has 0 bridgehead atoms. The highest BCUT2D eigenvalue weighted by Gasteiger charge is 2.13. The van der Waals surface area contributed by atoms with Crippen LogP contribution >= 0.6 is 0 Å². The van der Waals surface area contributed by atoms with Gasteiger partial charge in [-0.15, -0.1) is 0 Å². The van der Waals surface area contributed by atoms with E-state index in [1.807, 2.05) is 44.4 Å². The maximum absolute atomic E-state index is 12.5. The molecule has 0 aliphatic heterocycles. The summed E-state index contributed by atoms with van der Waals surface area (Å²) in [6, 6.07) is 16.4. The second kappa shape index (κ2) is 7.56. The maximum atomic E-state index is 12.5. The minimum absolute atomic E-state index is 0.0875. The molecule has 0 spiro atoms. The zero-order valence-corrected chi connectivity index (χ0v) is 13.6. The van der Waals surface area contributed by atoms with Crippen molar-refractivity contribution in [3.05, 3.63) is 60.2 Å². The van der Waals surface area contributed by atoms with E-state index >= 15 is 0 Å². The van der Waals surface area contributed by atoms with Gasteiger partial charge >= 0.3 is 0 Å². The van der Waals surface area contributed by atoms with Crippen molar-refractivity contribution in [1.29, 1.82) is 0 Å². The molecule has 2 rings (SSSR count). The van der Waals surface area contributed by atoms with Gasteiger partial charge in [-0.1, -0.05) is 18.2 Å². The molecule has 2 aromatic carbocycles. The monoisotopic (exact) mass is 311 g/mol. The van der Waals surface area contributed by atoms with Gasteiger partial charge in [0.25, 0.3) is 5.91 Å². The number of nitrogens with zero attached hydrogens (tertiary/aromatic N) is 2. The maximum Gasteiger partial charge on any atom is 0.258 e. The fourth-order valence-corrected chi connectivity index (χ4v) is 2.15. The van der Waals surface area contributed by atoms with Crippen molar-refractivity contribution in [3.8, 4) is 0 Å². The normalized spacial score (nSPS) is 10.4. The number of likely N-dealkylation sites (N-methyl/N-ethyl adjacent to an activating group) is 1. The predicted molar refractivity (Wildman–Crippen MR) is 92.8 cm³/mol. The molecule has 1 N–H and O–H groups in total. The van der Waals surface area contributed by atoms with Crippen LogP contribution < -0.4 is 10.2 Å². The first-order valence-electron chi connectivity index (χ1n) is 7.35. The second-order valence-corrected chi connectivity index (χ2v) is 5.56. The van der Waals surface area contributed by atoms with Gasteiger partial charge in [0.15, 0.2) is 0 Å². The van der Waals surface area contributed by atoms with E-state index in [1.54, 1.807) is 41.1 Å². The fourth-order valence-electron chi connectivity index (χ4n) is 2.15. The van der Waals surface area contributed by atoms with Crippen molar-refractivity contribution in [2.45, 2.75) is 0 Å². The summed E-state index contributed by atoms with van der Waals surface area (Å²) >= 11 is 0. The summed E-state index contributed by atoms with van der Waals surface area (Å²) < 4.78 is 0. The number of carbonyl (C=O) groups is 2. The number of benzene rings is 2. The number of rotatable bonds is 5. The number of amides is 2. The number of anilines is 2. The van der Waals surface area contributed by atoms with Crippen LogP contribution in [0.4, 0.5) is 11.4 Å². The number of hydrogen-bond acceptors (Lipinski definition) is 3. The molecule has 5 nitrogen and oxygen atoms in total. The van der Waals surface area contributed by atoms with Crippen LogP contribution in [0.25, 0.3) is 0 Å². The van der Waals surface area contributed by atoms with Gasteiger partial charge < -0.3 is 15.1 Å². The molecule has 23 heavy (non-hydrogen) atoms. The van der Waals surface area contributed by atoms with Crippen LogP contribution in [-0.2, 0) is 4.79 Å². The summed E-state index contributed by atoms with van der Waals surface area (Å²) in [5, 5.41) is 2.79. The number of nitrogens with one attached hydrogen (secondary N) is 1. The van der Waals surface area contributed by atoms with Gasteiger partial charge in [-0.05, 0) is 50.5 Å².